The van der Waals surface area contributed by atoms with Crippen molar-refractivity contribution >= 4 is 41.1 Å². The van der Waals surface area contributed by atoms with Crippen LogP contribution in [0.1, 0.15) is 0 Å². The molecule has 0 radical (unpaired) electrons. The van der Waals surface area contributed by atoms with Crippen molar-refractivity contribution < 1.29 is 14.7 Å². The number of aliphatic carboxylic acids is 1. The summed E-state index contributed by atoms with van der Waals surface area (Å²) in [6.45, 7) is 0. The molecule has 1 amide bonds. The van der Waals surface area contributed by atoms with E-state index in [9.17, 15) is 14.7 Å². The van der Waals surface area contributed by atoms with E-state index in [1.807, 2.05) is 0 Å². The predicted octanol–water partition coefficient (Wildman–Crippen LogP) is 0.157. The fraction of sp³-hybridized carbons (Fsp3) is 0.222. The second-order valence-corrected chi connectivity index (χ2v) is 4.20. The molecular weight excluding hydrogens is 252 g/mol. The van der Waals surface area contributed by atoms with Crippen LogP contribution in [-0.2, 0) is 9.59 Å². The van der Waals surface area contributed by atoms with Crippen LogP contribution in [0.3, 0.4) is 0 Å². The Morgan fingerprint density at radius 2 is 2.19 bits per heavy atom. The van der Waals surface area contributed by atoms with E-state index in [1.54, 1.807) is 12.1 Å². The average molecular weight is 260 g/mol. The number of aromatic nitrogens is 1. The molecule has 5 nitrogen and oxygen atoms in total. The summed E-state index contributed by atoms with van der Waals surface area (Å²) in [5.74, 6) is -1.30. The molecule has 0 unspecified atom stereocenters. The number of nitrogens with zero attached hydrogens (tertiary/aromatic N) is 1. The number of amides is 1. The van der Waals surface area contributed by atoms with Crippen molar-refractivity contribution in [3.63, 3.8) is 0 Å². The largest absolute Gasteiger partial charge is 0.549 e. The Bertz CT molecular complexity index is 383. The number of hydrogen-bond acceptors (Lipinski definition) is 5. The number of carbonyl (C=O) groups is 2. The minimum atomic E-state index is -1.19. The van der Waals surface area contributed by atoms with Crippen molar-refractivity contribution in [2.24, 2.45) is 0 Å². The zero-order chi connectivity index (χ0) is 12.0. The molecule has 86 valence electrons. The quantitative estimate of drug-likeness (QED) is 0.814. The molecular formula is C9H8ClN2O3S-. The molecule has 16 heavy (non-hydrogen) atoms. The van der Waals surface area contributed by atoms with E-state index < -0.39 is 5.97 Å². The van der Waals surface area contributed by atoms with E-state index >= 15 is 0 Å². The average Bonchev–Trinajstić information content (AvgIpc) is 2.21. The van der Waals surface area contributed by atoms with Crippen LogP contribution in [0.2, 0.25) is 5.02 Å². The van der Waals surface area contributed by atoms with Crippen LogP contribution >= 0.6 is 23.4 Å². The summed E-state index contributed by atoms with van der Waals surface area (Å²) in [6, 6.07) is 3.15. The van der Waals surface area contributed by atoms with E-state index in [2.05, 4.69) is 10.3 Å². The summed E-state index contributed by atoms with van der Waals surface area (Å²) >= 11 is 6.58. The van der Waals surface area contributed by atoms with Crippen molar-refractivity contribution in [2.75, 3.05) is 16.8 Å². The lowest BCUT2D eigenvalue weighted by Crippen LogP contribution is -2.25. The van der Waals surface area contributed by atoms with Crippen LogP contribution < -0.4 is 10.4 Å². The Morgan fingerprint density at radius 3 is 2.75 bits per heavy atom. The molecule has 0 aliphatic rings. The molecule has 0 aliphatic carbocycles. The Morgan fingerprint density at radius 1 is 1.44 bits per heavy atom. The monoisotopic (exact) mass is 259 g/mol. The first-order chi connectivity index (χ1) is 7.58. The maximum absolute atomic E-state index is 11.3. The first-order valence-corrected chi connectivity index (χ1v) is 5.80. The van der Waals surface area contributed by atoms with Crippen molar-refractivity contribution in [2.45, 2.75) is 0 Å². The zero-order valence-corrected chi connectivity index (χ0v) is 9.68. The van der Waals surface area contributed by atoms with Crippen LogP contribution in [-0.4, -0.2) is 28.4 Å². The second kappa shape index (κ2) is 6.34. The molecule has 0 atom stereocenters. The predicted molar refractivity (Wildman–Crippen MR) is 60.2 cm³/mol. The van der Waals surface area contributed by atoms with E-state index in [1.165, 1.54) is 6.20 Å². The highest BCUT2D eigenvalue weighted by Crippen LogP contribution is 2.10. The minimum Gasteiger partial charge on any atom is -0.549 e. The lowest BCUT2D eigenvalue weighted by atomic mass is 10.4. The topological polar surface area (TPSA) is 82.1 Å². The van der Waals surface area contributed by atoms with Gasteiger partial charge in [-0.1, -0.05) is 11.6 Å². The summed E-state index contributed by atoms with van der Waals surface area (Å²) in [5, 5.41) is 13.1. The number of carboxylic acids is 1. The van der Waals surface area contributed by atoms with E-state index in [0.717, 1.165) is 11.8 Å². The third-order valence-corrected chi connectivity index (χ3v) is 2.58. The third kappa shape index (κ3) is 4.99. The highest BCUT2D eigenvalue weighted by Gasteiger charge is 2.03. The molecule has 0 saturated heterocycles. The Labute approximate surface area is 101 Å². The summed E-state index contributed by atoms with van der Waals surface area (Å²) in [4.78, 5) is 25.2. The smallest absolute Gasteiger partial charge is 0.235 e. The minimum absolute atomic E-state index is 0.0400. The molecule has 0 saturated carbocycles. The molecule has 0 bridgehead atoms. The van der Waals surface area contributed by atoms with Gasteiger partial charge in [0.2, 0.25) is 5.91 Å². The summed E-state index contributed by atoms with van der Waals surface area (Å²) < 4.78 is 0. The van der Waals surface area contributed by atoms with Gasteiger partial charge in [-0.05, 0) is 12.1 Å². The van der Waals surface area contributed by atoms with E-state index in [4.69, 9.17) is 11.6 Å². The Kier molecular flexibility index (Phi) is 5.07. The summed E-state index contributed by atoms with van der Waals surface area (Å²) in [7, 11) is 0. The van der Waals surface area contributed by atoms with Gasteiger partial charge in [-0.15, -0.1) is 11.8 Å². The number of nitrogens with one attached hydrogen (secondary N) is 1. The molecule has 1 N–H and O–H groups in total. The fourth-order valence-electron chi connectivity index (χ4n) is 0.856. The van der Waals surface area contributed by atoms with Crippen LogP contribution in [0.25, 0.3) is 0 Å². The molecule has 7 heteroatoms. The van der Waals surface area contributed by atoms with Crippen molar-refractivity contribution in [3.8, 4) is 0 Å². The third-order valence-electron chi connectivity index (χ3n) is 1.45. The van der Waals surface area contributed by atoms with Gasteiger partial charge in [0.05, 0.1) is 16.7 Å². The van der Waals surface area contributed by atoms with Gasteiger partial charge in [0.15, 0.2) is 0 Å². The summed E-state index contributed by atoms with van der Waals surface area (Å²) in [6.07, 6.45) is 1.41. The maximum atomic E-state index is 11.3. The number of halogens is 1. The van der Waals surface area contributed by atoms with Crippen molar-refractivity contribution in [1.82, 2.24) is 4.98 Å². The van der Waals surface area contributed by atoms with Crippen LogP contribution in [0.4, 0.5) is 5.82 Å². The van der Waals surface area contributed by atoms with Gasteiger partial charge >= 0.3 is 0 Å². The van der Waals surface area contributed by atoms with Crippen molar-refractivity contribution in [1.29, 1.82) is 0 Å². The van der Waals surface area contributed by atoms with E-state index in [-0.39, 0.29) is 17.4 Å². The molecule has 1 rings (SSSR count). The number of pyridine rings is 1. The number of hydrogen-bond donors (Lipinski definition) is 1. The van der Waals surface area contributed by atoms with Gasteiger partial charge in [-0.2, -0.15) is 0 Å². The molecule has 1 aromatic heterocycles. The van der Waals surface area contributed by atoms with Gasteiger partial charge < -0.3 is 15.2 Å². The highest BCUT2D eigenvalue weighted by atomic mass is 35.5. The molecule has 1 aromatic rings. The van der Waals surface area contributed by atoms with Crippen LogP contribution in [0.15, 0.2) is 18.3 Å². The Hall–Kier alpha value is -1.27. The molecule has 1 heterocycles. The first-order valence-electron chi connectivity index (χ1n) is 4.27. The molecule has 0 aromatic carbocycles. The second-order valence-electron chi connectivity index (χ2n) is 2.77. The van der Waals surface area contributed by atoms with E-state index in [0.29, 0.717) is 10.8 Å². The van der Waals surface area contributed by atoms with Gasteiger partial charge in [0, 0.05) is 11.9 Å². The zero-order valence-electron chi connectivity index (χ0n) is 8.10. The van der Waals surface area contributed by atoms with Gasteiger partial charge in [-0.25, -0.2) is 4.98 Å². The fourth-order valence-corrected chi connectivity index (χ4v) is 1.49. The van der Waals surface area contributed by atoms with Crippen LogP contribution in [0, 0.1) is 0 Å². The van der Waals surface area contributed by atoms with Crippen LogP contribution in [0.5, 0.6) is 0 Å². The SMILES string of the molecule is O=C([O-])CSCC(=O)Nc1ccc(Cl)cn1. The van der Waals surface area contributed by atoms with Gasteiger partial charge in [0.1, 0.15) is 5.82 Å². The maximum Gasteiger partial charge on any atom is 0.235 e. The van der Waals surface area contributed by atoms with Gasteiger partial charge in [-0.3, -0.25) is 4.79 Å². The lowest BCUT2D eigenvalue weighted by Gasteiger charge is -2.04. The van der Waals surface area contributed by atoms with Gasteiger partial charge in [0.25, 0.3) is 0 Å². The number of rotatable bonds is 5. The number of thioether (sulfide) groups is 1. The van der Waals surface area contributed by atoms with Crippen molar-refractivity contribution in [3.05, 3.63) is 23.4 Å². The number of carboxylic acid groups (broad SMARTS) is 1. The standard InChI is InChI=1S/C9H9ClN2O3S/c10-6-1-2-7(11-3-6)12-8(13)4-16-5-9(14)15/h1-3H,4-5H2,(H,14,15)(H,11,12,13)/p-1. The lowest BCUT2D eigenvalue weighted by molar-refractivity contribution is -0.301. The Balaban J connectivity index is 2.34. The first kappa shape index (κ1) is 12.8. The molecule has 0 aliphatic heterocycles. The number of anilines is 1. The summed E-state index contributed by atoms with van der Waals surface area (Å²) in [5.41, 5.74) is 0. The molecule has 0 fully saturated rings. The normalized spacial score (nSPS) is 9.81. The highest BCUT2D eigenvalue weighted by molar-refractivity contribution is 8.00. The number of carbonyl (C=O) groups excluding carboxylic acids is 2. The molecule has 0 spiro atoms.